The third-order valence-corrected chi connectivity index (χ3v) is 5.70. The van der Waals surface area contributed by atoms with E-state index in [0.29, 0.717) is 34.8 Å². The van der Waals surface area contributed by atoms with Crippen LogP contribution < -0.4 is 9.47 Å². The Balaban J connectivity index is 1.99. The van der Waals surface area contributed by atoms with Gasteiger partial charge in [0, 0.05) is 22.1 Å². The largest absolute Gasteiger partial charge is 0.507 e. The molecule has 0 spiro atoms. The van der Waals surface area contributed by atoms with Crippen LogP contribution in [0, 0.1) is 5.41 Å². The summed E-state index contributed by atoms with van der Waals surface area (Å²) in [5.74, 6) is 1.38. The lowest BCUT2D eigenvalue weighted by Gasteiger charge is -2.28. The Kier molecular flexibility index (Phi) is 7.37. The molecule has 0 aliphatic carbocycles. The molecule has 0 atom stereocenters. The van der Waals surface area contributed by atoms with E-state index in [4.69, 9.17) is 14.9 Å². The molecule has 166 valence electrons. The Morgan fingerprint density at radius 3 is 2.47 bits per heavy atom. The number of hydrogen-bond donors (Lipinski definition) is 2. The monoisotopic (exact) mass is 429 g/mol. The first-order valence-corrected chi connectivity index (χ1v) is 10.8. The van der Waals surface area contributed by atoms with Crippen molar-refractivity contribution in [2.75, 3.05) is 13.7 Å². The first kappa shape index (κ1) is 23.1. The number of aromatic hydroxyl groups is 1. The second-order valence-corrected chi connectivity index (χ2v) is 8.24. The summed E-state index contributed by atoms with van der Waals surface area (Å²) in [4.78, 5) is 0. The van der Waals surface area contributed by atoms with Gasteiger partial charge in [-0.05, 0) is 42.7 Å². The molecule has 3 aromatic carbocycles. The Morgan fingerprint density at radius 2 is 1.78 bits per heavy atom. The molecule has 0 aliphatic rings. The van der Waals surface area contributed by atoms with E-state index in [1.165, 1.54) is 0 Å². The topological polar surface area (TPSA) is 62.5 Å². The van der Waals surface area contributed by atoms with Gasteiger partial charge in [-0.2, -0.15) is 0 Å². The standard InChI is InChI=1S/C28H31NO3/c1-5-6-10-16-32-22-15-11-12-20(17-22)26(29)24-18-23(31-4)19-25(27(24)30)28(2,3)21-13-8-7-9-14-21/h5,7-9,11-15,17-19,29-30H,1,6,10,16H2,2-4H3. The van der Waals surface area contributed by atoms with Crippen LogP contribution in [0.5, 0.6) is 17.2 Å². The number of nitrogens with one attached hydrogen (secondary N) is 1. The molecule has 32 heavy (non-hydrogen) atoms. The Morgan fingerprint density at radius 1 is 1.03 bits per heavy atom. The van der Waals surface area contributed by atoms with Crippen LogP contribution in [0.15, 0.2) is 79.4 Å². The molecule has 0 aliphatic heterocycles. The fourth-order valence-corrected chi connectivity index (χ4v) is 3.72. The second kappa shape index (κ2) is 10.2. The van der Waals surface area contributed by atoms with Gasteiger partial charge in [0.1, 0.15) is 17.2 Å². The van der Waals surface area contributed by atoms with Gasteiger partial charge in [-0.3, -0.25) is 5.41 Å². The minimum absolute atomic E-state index is 0.0851. The van der Waals surface area contributed by atoms with Gasteiger partial charge in [0.2, 0.25) is 0 Å². The van der Waals surface area contributed by atoms with Gasteiger partial charge in [-0.15, -0.1) is 6.58 Å². The molecule has 4 nitrogen and oxygen atoms in total. The lowest BCUT2D eigenvalue weighted by Crippen LogP contribution is -2.20. The van der Waals surface area contributed by atoms with Crippen molar-refractivity contribution in [2.24, 2.45) is 0 Å². The van der Waals surface area contributed by atoms with Crippen LogP contribution in [-0.2, 0) is 5.41 Å². The summed E-state index contributed by atoms with van der Waals surface area (Å²) in [5.41, 5.74) is 2.59. The summed E-state index contributed by atoms with van der Waals surface area (Å²) >= 11 is 0. The van der Waals surface area contributed by atoms with E-state index in [1.807, 2.05) is 66.7 Å². The Hall–Kier alpha value is -3.53. The van der Waals surface area contributed by atoms with Gasteiger partial charge in [-0.1, -0.05) is 62.4 Å². The number of phenols is 1. The fraction of sp³-hybridized carbons (Fsp3) is 0.250. The molecule has 0 amide bonds. The van der Waals surface area contributed by atoms with E-state index in [0.717, 1.165) is 18.4 Å². The zero-order valence-corrected chi connectivity index (χ0v) is 19.0. The number of methoxy groups -OCH3 is 1. The van der Waals surface area contributed by atoms with Crippen molar-refractivity contribution in [2.45, 2.75) is 32.1 Å². The molecule has 0 saturated carbocycles. The molecule has 0 fully saturated rings. The minimum atomic E-state index is -0.481. The smallest absolute Gasteiger partial charge is 0.129 e. The number of ether oxygens (including phenoxy) is 2. The number of hydrogen-bond acceptors (Lipinski definition) is 4. The van der Waals surface area contributed by atoms with Crippen molar-refractivity contribution >= 4 is 5.71 Å². The average Bonchev–Trinajstić information content (AvgIpc) is 2.82. The molecule has 3 aromatic rings. The number of unbranched alkanes of at least 4 members (excludes halogenated alkanes) is 1. The Bertz CT molecular complexity index is 1090. The van der Waals surface area contributed by atoms with Crippen molar-refractivity contribution in [3.05, 3.63) is 102 Å². The molecule has 0 aromatic heterocycles. The molecule has 0 radical (unpaired) electrons. The Labute approximate surface area is 190 Å². The number of phenolic OH excluding ortho intramolecular Hbond substituents is 1. The third-order valence-electron chi connectivity index (χ3n) is 5.70. The molecular formula is C28H31NO3. The van der Waals surface area contributed by atoms with Crippen LogP contribution in [0.25, 0.3) is 0 Å². The second-order valence-electron chi connectivity index (χ2n) is 8.24. The normalized spacial score (nSPS) is 11.1. The van der Waals surface area contributed by atoms with Crippen molar-refractivity contribution in [3.8, 4) is 17.2 Å². The third kappa shape index (κ3) is 5.02. The lowest BCUT2D eigenvalue weighted by atomic mass is 9.76. The maximum Gasteiger partial charge on any atom is 0.129 e. The van der Waals surface area contributed by atoms with Crippen LogP contribution in [0.1, 0.15) is 48.9 Å². The van der Waals surface area contributed by atoms with E-state index in [-0.39, 0.29) is 11.5 Å². The summed E-state index contributed by atoms with van der Waals surface area (Å²) in [7, 11) is 1.59. The number of benzene rings is 3. The van der Waals surface area contributed by atoms with Crippen molar-refractivity contribution < 1.29 is 14.6 Å². The van der Waals surface area contributed by atoms with Crippen molar-refractivity contribution in [1.29, 1.82) is 5.41 Å². The van der Waals surface area contributed by atoms with Crippen LogP contribution in [-0.4, -0.2) is 24.5 Å². The minimum Gasteiger partial charge on any atom is -0.507 e. The summed E-state index contributed by atoms with van der Waals surface area (Å²) < 4.78 is 11.3. The van der Waals surface area contributed by atoms with E-state index in [9.17, 15) is 5.11 Å². The van der Waals surface area contributed by atoms with Crippen molar-refractivity contribution in [1.82, 2.24) is 0 Å². The quantitative estimate of drug-likeness (QED) is 0.220. The van der Waals surface area contributed by atoms with Crippen LogP contribution >= 0.6 is 0 Å². The molecule has 0 unspecified atom stereocenters. The summed E-state index contributed by atoms with van der Waals surface area (Å²) in [5, 5.41) is 20.1. The molecule has 0 bridgehead atoms. The first-order valence-electron chi connectivity index (χ1n) is 10.8. The average molecular weight is 430 g/mol. The van der Waals surface area contributed by atoms with Crippen LogP contribution in [0.2, 0.25) is 0 Å². The highest BCUT2D eigenvalue weighted by molar-refractivity contribution is 6.13. The van der Waals surface area contributed by atoms with Gasteiger partial charge in [0.15, 0.2) is 0 Å². The maximum absolute atomic E-state index is 11.3. The number of allylic oxidation sites excluding steroid dienone is 1. The van der Waals surface area contributed by atoms with Crippen LogP contribution in [0.4, 0.5) is 0 Å². The maximum atomic E-state index is 11.3. The highest BCUT2D eigenvalue weighted by Gasteiger charge is 2.29. The van der Waals surface area contributed by atoms with E-state index >= 15 is 0 Å². The highest BCUT2D eigenvalue weighted by atomic mass is 16.5. The molecule has 0 saturated heterocycles. The molecule has 3 rings (SSSR count). The summed E-state index contributed by atoms with van der Waals surface area (Å²) in [6.45, 7) is 8.43. The fourth-order valence-electron chi connectivity index (χ4n) is 3.72. The summed E-state index contributed by atoms with van der Waals surface area (Å²) in [6.07, 6.45) is 3.66. The SMILES string of the molecule is C=CCCCOc1cccc(C(=N)c2cc(OC)cc(C(C)(C)c3ccccc3)c2O)c1. The van der Waals surface area contributed by atoms with Gasteiger partial charge in [0.05, 0.1) is 19.4 Å². The van der Waals surface area contributed by atoms with Gasteiger partial charge >= 0.3 is 0 Å². The van der Waals surface area contributed by atoms with Crippen molar-refractivity contribution in [3.63, 3.8) is 0 Å². The number of rotatable bonds is 10. The van der Waals surface area contributed by atoms with Gasteiger partial charge in [-0.25, -0.2) is 0 Å². The zero-order valence-electron chi connectivity index (χ0n) is 19.0. The van der Waals surface area contributed by atoms with E-state index in [2.05, 4.69) is 20.4 Å². The van der Waals surface area contributed by atoms with Crippen LogP contribution in [0.3, 0.4) is 0 Å². The molecule has 2 N–H and O–H groups in total. The lowest BCUT2D eigenvalue weighted by molar-refractivity contribution is 0.312. The highest BCUT2D eigenvalue weighted by Crippen LogP contribution is 2.41. The van der Waals surface area contributed by atoms with E-state index in [1.54, 1.807) is 13.2 Å². The predicted molar refractivity (Wildman–Crippen MR) is 131 cm³/mol. The first-order chi connectivity index (χ1) is 15.4. The van der Waals surface area contributed by atoms with Gasteiger partial charge in [0.25, 0.3) is 0 Å². The van der Waals surface area contributed by atoms with Gasteiger partial charge < -0.3 is 14.6 Å². The van der Waals surface area contributed by atoms with E-state index < -0.39 is 5.41 Å². The zero-order chi connectivity index (χ0) is 23.1. The molecule has 4 heteroatoms. The molecule has 0 heterocycles. The summed E-state index contributed by atoms with van der Waals surface area (Å²) in [6, 6.07) is 21.0. The molecular weight excluding hydrogens is 398 g/mol. The predicted octanol–water partition coefficient (Wildman–Crippen LogP) is 6.49.